The number of halogens is 1. The third-order valence-corrected chi connectivity index (χ3v) is 4.14. The number of aliphatic hydroxyl groups is 1. The molecule has 0 aliphatic carbocycles. The Morgan fingerprint density at radius 1 is 1.42 bits per heavy atom. The van der Waals surface area contributed by atoms with Crippen LogP contribution in [0.15, 0.2) is 34.9 Å². The molecular formula is C14H17BrN2OS. The van der Waals surface area contributed by atoms with Crippen molar-refractivity contribution in [3.8, 4) is 0 Å². The average molecular weight is 341 g/mol. The van der Waals surface area contributed by atoms with E-state index in [2.05, 4.69) is 38.6 Å². The van der Waals surface area contributed by atoms with Crippen molar-refractivity contribution in [2.24, 2.45) is 0 Å². The molecule has 0 spiro atoms. The Hall–Kier alpha value is -0.780. The predicted molar refractivity (Wildman–Crippen MR) is 86.9 cm³/mol. The lowest BCUT2D eigenvalue weighted by Crippen LogP contribution is -2.23. The van der Waals surface area contributed by atoms with Crippen LogP contribution in [0.1, 0.15) is 6.42 Å². The Balaban J connectivity index is 2.28. The molecule has 0 radical (unpaired) electrons. The summed E-state index contributed by atoms with van der Waals surface area (Å²) in [4.78, 5) is 4.38. The number of nitrogens with zero attached hydrogens (tertiary/aromatic N) is 1. The van der Waals surface area contributed by atoms with Crippen LogP contribution in [0.25, 0.3) is 10.9 Å². The molecule has 2 aromatic rings. The van der Waals surface area contributed by atoms with Crippen molar-refractivity contribution >= 4 is 44.3 Å². The minimum atomic E-state index is 0.201. The van der Waals surface area contributed by atoms with Gasteiger partial charge in [-0.05, 0) is 36.9 Å². The summed E-state index contributed by atoms with van der Waals surface area (Å²) in [5, 5.41) is 13.7. The van der Waals surface area contributed by atoms with Crippen molar-refractivity contribution in [3.05, 3.63) is 34.9 Å². The van der Waals surface area contributed by atoms with Gasteiger partial charge in [0.25, 0.3) is 0 Å². The number of benzene rings is 1. The number of fused-ring (bicyclic) bond motifs is 1. The molecule has 1 heterocycles. The quantitative estimate of drug-likeness (QED) is 0.844. The fourth-order valence-corrected chi connectivity index (χ4v) is 3.02. The zero-order valence-corrected chi connectivity index (χ0v) is 13.2. The van der Waals surface area contributed by atoms with Crippen molar-refractivity contribution in [2.75, 3.05) is 23.9 Å². The molecule has 1 atom stereocenters. The maximum Gasteiger partial charge on any atom is 0.0733 e. The average Bonchev–Trinajstić information content (AvgIpc) is 2.39. The molecule has 1 unspecified atom stereocenters. The molecule has 0 amide bonds. The maximum atomic E-state index is 9.12. The van der Waals surface area contributed by atoms with Crippen molar-refractivity contribution in [3.63, 3.8) is 0 Å². The number of pyridine rings is 1. The van der Waals surface area contributed by atoms with Gasteiger partial charge in [-0.25, -0.2) is 0 Å². The van der Waals surface area contributed by atoms with Crippen LogP contribution in [0.4, 0.5) is 5.69 Å². The highest BCUT2D eigenvalue weighted by atomic mass is 79.9. The van der Waals surface area contributed by atoms with E-state index in [0.717, 1.165) is 33.2 Å². The molecule has 1 aromatic heterocycles. The first-order chi connectivity index (χ1) is 9.24. The number of hydrogen-bond acceptors (Lipinski definition) is 4. The predicted octanol–water partition coefficient (Wildman–Crippen LogP) is 3.52. The maximum absolute atomic E-state index is 9.12. The first-order valence-electron chi connectivity index (χ1n) is 6.15. The van der Waals surface area contributed by atoms with E-state index in [1.807, 2.05) is 24.4 Å². The number of anilines is 1. The summed E-state index contributed by atoms with van der Waals surface area (Å²) in [5.41, 5.74) is 2.04. The van der Waals surface area contributed by atoms with Crippen molar-refractivity contribution in [1.82, 2.24) is 4.98 Å². The van der Waals surface area contributed by atoms with Gasteiger partial charge in [0, 0.05) is 40.1 Å². The molecule has 1 aromatic carbocycles. The molecule has 2 N–H and O–H groups in total. The fraction of sp³-hybridized carbons (Fsp3) is 0.357. The molecule has 0 saturated heterocycles. The molecule has 0 aliphatic rings. The second-order valence-corrected chi connectivity index (χ2v) is 6.16. The largest absolute Gasteiger partial charge is 0.396 e. The van der Waals surface area contributed by atoms with Crippen molar-refractivity contribution in [1.29, 1.82) is 0 Å². The van der Waals surface area contributed by atoms with Gasteiger partial charge in [0.1, 0.15) is 0 Å². The fourth-order valence-electron chi connectivity index (χ4n) is 2.02. The second-order valence-electron chi connectivity index (χ2n) is 4.33. The van der Waals surface area contributed by atoms with Crippen LogP contribution in [-0.2, 0) is 0 Å². The molecule has 3 nitrogen and oxygen atoms in total. The minimum Gasteiger partial charge on any atom is -0.396 e. The lowest BCUT2D eigenvalue weighted by molar-refractivity contribution is 0.282. The zero-order valence-electron chi connectivity index (χ0n) is 10.8. The van der Waals surface area contributed by atoms with Crippen LogP contribution >= 0.6 is 27.7 Å². The number of rotatable bonds is 6. The van der Waals surface area contributed by atoms with E-state index >= 15 is 0 Å². The third kappa shape index (κ3) is 3.84. The standard InChI is InChI=1S/C14H17BrN2OS/c1-19-9-11(5-7-18)17-13-4-6-16-14-8-10(15)2-3-12(13)14/h2-4,6,8,11,18H,5,7,9H2,1H3,(H,16,17). The van der Waals surface area contributed by atoms with E-state index in [1.54, 1.807) is 11.8 Å². The number of aromatic nitrogens is 1. The Labute approximate surface area is 125 Å². The van der Waals surface area contributed by atoms with Gasteiger partial charge in [0.15, 0.2) is 0 Å². The first kappa shape index (κ1) is 14.6. The Morgan fingerprint density at radius 3 is 3.00 bits per heavy atom. The topological polar surface area (TPSA) is 45.1 Å². The first-order valence-corrected chi connectivity index (χ1v) is 8.34. The highest BCUT2D eigenvalue weighted by molar-refractivity contribution is 9.10. The summed E-state index contributed by atoms with van der Waals surface area (Å²) in [5.74, 6) is 0.973. The summed E-state index contributed by atoms with van der Waals surface area (Å²) < 4.78 is 1.03. The van der Waals surface area contributed by atoms with Gasteiger partial charge in [0.2, 0.25) is 0 Å². The molecule has 0 aliphatic heterocycles. The van der Waals surface area contributed by atoms with Crippen LogP contribution in [0, 0.1) is 0 Å². The van der Waals surface area contributed by atoms with Gasteiger partial charge in [-0.15, -0.1) is 0 Å². The lowest BCUT2D eigenvalue weighted by atomic mass is 10.1. The van der Waals surface area contributed by atoms with E-state index < -0.39 is 0 Å². The molecule has 5 heteroatoms. The Kier molecular flexibility index (Phi) is 5.48. The van der Waals surface area contributed by atoms with Crippen LogP contribution in [0.3, 0.4) is 0 Å². The molecule has 0 saturated carbocycles. The third-order valence-electron chi connectivity index (χ3n) is 2.91. The van der Waals surface area contributed by atoms with Gasteiger partial charge < -0.3 is 10.4 Å². The van der Waals surface area contributed by atoms with E-state index in [9.17, 15) is 0 Å². The normalized spacial score (nSPS) is 12.6. The summed E-state index contributed by atoms with van der Waals surface area (Å²) in [7, 11) is 0. The smallest absolute Gasteiger partial charge is 0.0733 e. The van der Waals surface area contributed by atoms with Crippen molar-refractivity contribution < 1.29 is 5.11 Å². The molecule has 102 valence electrons. The Morgan fingerprint density at radius 2 is 2.26 bits per heavy atom. The summed E-state index contributed by atoms with van der Waals surface area (Å²) in [6.45, 7) is 0.201. The number of hydrogen-bond donors (Lipinski definition) is 2. The zero-order chi connectivity index (χ0) is 13.7. The highest BCUT2D eigenvalue weighted by Crippen LogP contribution is 2.25. The van der Waals surface area contributed by atoms with E-state index in [0.29, 0.717) is 0 Å². The van der Waals surface area contributed by atoms with Gasteiger partial charge in [0.05, 0.1) is 5.52 Å². The monoisotopic (exact) mass is 340 g/mol. The molecule has 2 rings (SSSR count). The summed E-state index contributed by atoms with van der Waals surface area (Å²) in [6.07, 6.45) is 4.64. The minimum absolute atomic E-state index is 0.201. The summed E-state index contributed by atoms with van der Waals surface area (Å²) >= 11 is 5.24. The number of aliphatic hydroxyl groups excluding tert-OH is 1. The molecule has 0 fully saturated rings. The number of thioether (sulfide) groups is 1. The molecule has 0 bridgehead atoms. The van der Waals surface area contributed by atoms with Gasteiger partial charge in [-0.1, -0.05) is 15.9 Å². The number of nitrogens with one attached hydrogen (secondary N) is 1. The van der Waals surface area contributed by atoms with Crippen LogP contribution < -0.4 is 5.32 Å². The van der Waals surface area contributed by atoms with Crippen LogP contribution in [0.2, 0.25) is 0 Å². The van der Waals surface area contributed by atoms with E-state index in [4.69, 9.17) is 5.11 Å². The van der Waals surface area contributed by atoms with Gasteiger partial charge in [-0.3, -0.25) is 4.98 Å². The van der Waals surface area contributed by atoms with Crippen LogP contribution in [0.5, 0.6) is 0 Å². The van der Waals surface area contributed by atoms with Crippen LogP contribution in [-0.4, -0.2) is 34.7 Å². The second kappa shape index (κ2) is 7.12. The molecular weight excluding hydrogens is 324 g/mol. The van der Waals surface area contributed by atoms with E-state index in [1.165, 1.54) is 0 Å². The van der Waals surface area contributed by atoms with Gasteiger partial charge in [-0.2, -0.15) is 11.8 Å². The summed E-state index contributed by atoms with van der Waals surface area (Å²) in [6, 6.07) is 8.35. The Bertz CT molecular complexity index is 544. The lowest BCUT2D eigenvalue weighted by Gasteiger charge is -2.19. The van der Waals surface area contributed by atoms with Gasteiger partial charge >= 0.3 is 0 Å². The SMILES string of the molecule is CSCC(CCO)Nc1ccnc2cc(Br)ccc12. The van der Waals surface area contributed by atoms with E-state index in [-0.39, 0.29) is 12.6 Å². The highest BCUT2D eigenvalue weighted by Gasteiger charge is 2.09. The van der Waals surface area contributed by atoms with Crippen molar-refractivity contribution in [2.45, 2.75) is 12.5 Å². The molecule has 19 heavy (non-hydrogen) atoms.